The molecule has 0 fully saturated rings. The van der Waals surface area contributed by atoms with E-state index in [1.54, 1.807) is 30.5 Å². The molecule has 0 radical (unpaired) electrons. The fourth-order valence-electron chi connectivity index (χ4n) is 2.54. The summed E-state index contributed by atoms with van der Waals surface area (Å²) in [7, 11) is 0. The number of pyridine rings is 1. The van der Waals surface area contributed by atoms with Gasteiger partial charge >= 0.3 is 0 Å². The summed E-state index contributed by atoms with van der Waals surface area (Å²) in [6.45, 7) is 0.725. The van der Waals surface area contributed by atoms with E-state index in [4.69, 9.17) is 0 Å². The minimum absolute atomic E-state index is 0.137. The average Bonchev–Trinajstić information content (AvgIpc) is 2.76. The molecule has 0 spiro atoms. The zero-order chi connectivity index (χ0) is 20.5. The number of hydrogen-bond acceptors (Lipinski definition) is 4. The van der Waals surface area contributed by atoms with E-state index < -0.39 is 0 Å². The van der Waals surface area contributed by atoms with Crippen molar-refractivity contribution in [1.29, 1.82) is 0 Å². The van der Waals surface area contributed by atoms with Crippen LogP contribution in [0.2, 0.25) is 0 Å². The van der Waals surface area contributed by atoms with Crippen molar-refractivity contribution in [2.24, 2.45) is 0 Å². The highest BCUT2D eigenvalue weighted by Crippen LogP contribution is 2.20. The Hall–Kier alpha value is -3.19. The van der Waals surface area contributed by atoms with Crippen LogP contribution in [0, 0.1) is 5.82 Å². The molecule has 1 heterocycles. The number of nitrogens with one attached hydrogen (secondary N) is 2. The topological polar surface area (TPSA) is 71.1 Å². The molecule has 0 bridgehead atoms. The molecular formula is C22H20FN3O2S. The van der Waals surface area contributed by atoms with E-state index in [2.05, 4.69) is 15.6 Å². The minimum Gasteiger partial charge on any atom is -0.351 e. The second kappa shape index (κ2) is 10.4. The highest BCUT2D eigenvalue weighted by atomic mass is 32.2. The third-order valence-electron chi connectivity index (χ3n) is 4.05. The van der Waals surface area contributed by atoms with Gasteiger partial charge < -0.3 is 10.6 Å². The van der Waals surface area contributed by atoms with Crippen molar-refractivity contribution in [3.63, 3.8) is 0 Å². The monoisotopic (exact) mass is 409 g/mol. The van der Waals surface area contributed by atoms with Gasteiger partial charge in [0.2, 0.25) is 5.91 Å². The number of carbonyl (C=O) groups is 2. The maximum Gasteiger partial charge on any atom is 0.254 e. The predicted molar refractivity (Wildman–Crippen MR) is 111 cm³/mol. The Balaban J connectivity index is 1.53. The normalized spacial score (nSPS) is 10.4. The molecule has 2 amide bonds. The quantitative estimate of drug-likeness (QED) is 0.558. The third kappa shape index (κ3) is 6.43. The number of nitrogens with zero attached hydrogens (tertiary/aromatic N) is 1. The lowest BCUT2D eigenvalue weighted by molar-refractivity contribution is -0.118. The van der Waals surface area contributed by atoms with Crippen molar-refractivity contribution in [2.75, 3.05) is 5.75 Å². The molecule has 0 aliphatic heterocycles. The van der Waals surface area contributed by atoms with E-state index >= 15 is 0 Å². The van der Waals surface area contributed by atoms with Crippen LogP contribution >= 0.6 is 11.8 Å². The highest BCUT2D eigenvalue weighted by Gasteiger charge is 2.14. The molecule has 7 heteroatoms. The molecule has 5 nitrogen and oxygen atoms in total. The lowest BCUT2D eigenvalue weighted by Gasteiger charge is -2.10. The molecule has 0 saturated carbocycles. The van der Waals surface area contributed by atoms with Crippen molar-refractivity contribution in [3.8, 4) is 0 Å². The lowest BCUT2D eigenvalue weighted by atomic mass is 10.2. The zero-order valence-corrected chi connectivity index (χ0v) is 16.4. The Bertz CT molecular complexity index is 965. The van der Waals surface area contributed by atoms with E-state index in [0.717, 1.165) is 11.1 Å². The summed E-state index contributed by atoms with van der Waals surface area (Å²) in [6, 6.07) is 18.9. The van der Waals surface area contributed by atoms with Crippen LogP contribution in [0.15, 0.2) is 78.0 Å². The summed E-state index contributed by atoms with van der Waals surface area (Å²) in [4.78, 5) is 28.9. The van der Waals surface area contributed by atoms with E-state index in [-0.39, 0.29) is 29.9 Å². The largest absolute Gasteiger partial charge is 0.351 e. The molecule has 1 aromatic heterocycles. The van der Waals surface area contributed by atoms with Crippen LogP contribution in [0.1, 0.15) is 21.5 Å². The fraction of sp³-hybridized carbons (Fsp3) is 0.136. The molecular weight excluding hydrogens is 389 g/mol. The third-order valence-corrected chi connectivity index (χ3v) is 5.06. The number of rotatable bonds is 8. The predicted octanol–water partition coefficient (Wildman–Crippen LogP) is 3.56. The molecule has 3 rings (SSSR count). The van der Waals surface area contributed by atoms with Crippen LogP contribution in [-0.2, 0) is 17.9 Å². The highest BCUT2D eigenvalue weighted by molar-refractivity contribution is 8.00. The molecule has 0 aliphatic rings. The number of carbonyl (C=O) groups excluding carboxylic acids is 2. The lowest BCUT2D eigenvalue weighted by Crippen LogP contribution is -2.25. The molecule has 148 valence electrons. The van der Waals surface area contributed by atoms with Crippen LogP contribution < -0.4 is 10.6 Å². The molecule has 2 N–H and O–H groups in total. The van der Waals surface area contributed by atoms with Gasteiger partial charge in [-0.1, -0.05) is 54.2 Å². The maximum absolute atomic E-state index is 13.0. The number of thioether (sulfide) groups is 1. The van der Waals surface area contributed by atoms with Crippen molar-refractivity contribution >= 4 is 23.6 Å². The van der Waals surface area contributed by atoms with E-state index in [9.17, 15) is 14.0 Å². The Morgan fingerprint density at radius 3 is 2.31 bits per heavy atom. The van der Waals surface area contributed by atoms with Crippen LogP contribution in [0.4, 0.5) is 4.39 Å². The first-order valence-electron chi connectivity index (χ1n) is 9.03. The summed E-state index contributed by atoms with van der Waals surface area (Å²) < 4.78 is 13.0. The Morgan fingerprint density at radius 2 is 1.55 bits per heavy atom. The summed E-state index contributed by atoms with van der Waals surface area (Å²) >= 11 is 1.21. The van der Waals surface area contributed by atoms with E-state index in [0.29, 0.717) is 17.1 Å². The van der Waals surface area contributed by atoms with E-state index in [1.165, 1.54) is 23.9 Å². The van der Waals surface area contributed by atoms with Gasteiger partial charge in [0, 0.05) is 19.3 Å². The van der Waals surface area contributed by atoms with Crippen molar-refractivity contribution in [2.45, 2.75) is 18.1 Å². The first kappa shape index (κ1) is 20.5. The molecule has 0 unspecified atom stereocenters. The first-order valence-corrected chi connectivity index (χ1v) is 10.0. The fourth-order valence-corrected chi connectivity index (χ4v) is 3.36. The van der Waals surface area contributed by atoms with Gasteiger partial charge in [-0.05, 0) is 35.4 Å². The Morgan fingerprint density at radius 1 is 0.862 bits per heavy atom. The summed E-state index contributed by atoms with van der Waals surface area (Å²) in [5, 5.41) is 6.13. The van der Waals surface area contributed by atoms with Gasteiger partial charge in [0.15, 0.2) is 0 Å². The second-order valence-electron chi connectivity index (χ2n) is 6.22. The van der Waals surface area contributed by atoms with Crippen molar-refractivity contribution in [3.05, 3.63) is 95.4 Å². The van der Waals surface area contributed by atoms with Crippen molar-refractivity contribution < 1.29 is 14.0 Å². The maximum atomic E-state index is 13.0. The number of amides is 2. The van der Waals surface area contributed by atoms with Gasteiger partial charge in [0.25, 0.3) is 5.91 Å². The first-order chi connectivity index (χ1) is 14.1. The van der Waals surface area contributed by atoms with Crippen LogP contribution in [0.3, 0.4) is 0 Å². The van der Waals surface area contributed by atoms with Gasteiger partial charge in [-0.2, -0.15) is 0 Å². The summed E-state index contributed by atoms with van der Waals surface area (Å²) in [6.07, 6.45) is 1.58. The Labute approximate surface area is 172 Å². The van der Waals surface area contributed by atoms with E-state index in [1.807, 2.05) is 30.3 Å². The molecule has 0 atom stereocenters. The number of hydrogen-bond donors (Lipinski definition) is 2. The molecule has 3 aromatic rings. The van der Waals surface area contributed by atoms with Crippen LogP contribution in [-0.4, -0.2) is 22.6 Å². The summed E-state index contributed by atoms with van der Waals surface area (Å²) in [5.74, 6) is -0.601. The smallest absolute Gasteiger partial charge is 0.254 e. The molecule has 29 heavy (non-hydrogen) atoms. The molecule has 0 aliphatic carbocycles. The van der Waals surface area contributed by atoms with Gasteiger partial charge in [0.1, 0.15) is 10.8 Å². The Kier molecular flexibility index (Phi) is 7.35. The minimum atomic E-state index is -0.323. The van der Waals surface area contributed by atoms with Gasteiger partial charge in [0.05, 0.1) is 11.3 Å². The van der Waals surface area contributed by atoms with Crippen LogP contribution in [0.5, 0.6) is 0 Å². The number of aromatic nitrogens is 1. The number of benzene rings is 2. The number of halogens is 1. The van der Waals surface area contributed by atoms with Crippen LogP contribution in [0.25, 0.3) is 0 Å². The standard InChI is InChI=1S/C22H20FN3O2S/c23-18-10-8-17(9-11-18)14-26-21(28)19-7-4-12-24-22(19)29-15-20(27)25-13-16-5-2-1-3-6-16/h1-12H,13-15H2,(H,25,27)(H,26,28). The summed E-state index contributed by atoms with van der Waals surface area (Å²) in [5.41, 5.74) is 2.21. The molecule has 0 saturated heterocycles. The zero-order valence-electron chi connectivity index (χ0n) is 15.6. The SMILES string of the molecule is O=C(CSc1ncccc1C(=O)NCc1ccc(F)cc1)NCc1ccccc1. The van der Waals surface area contributed by atoms with Gasteiger partial charge in [-0.3, -0.25) is 9.59 Å². The van der Waals surface area contributed by atoms with Gasteiger partial charge in [-0.15, -0.1) is 0 Å². The molecule has 2 aromatic carbocycles. The van der Waals surface area contributed by atoms with Crippen molar-refractivity contribution in [1.82, 2.24) is 15.6 Å². The average molecular weight is 409 g/mol. The van der Waals surface area contributed by atoms with Gasteiger partial charge in [-0.25, -0.2) is 9.37 Å². The second-order valence-corrected chi connectivity index (χ2v) is 7.18.